The summed E-state index contributed by atoms with van der Waals surface area (Å²) in [5.74, 6) is -3.50. The Bertz CT molecular complexity index is 2240. The maximum Gasteiger partial charge on any atom is 0.266 e. The Morgan fingerprint density at radius 2 is 1.82 bits per heavy atom. The van der Waals surface area contributed by atoms with Crippen LogP contribution in [0.2, 0.25) is 5.02 Å². The number of aromatic nitrogens is 3. The number of pyridine rings is 1. The van der Waals surface area contributed by atoms with Crippen molar-refractivity contribution in [2.24, 2.45) is 11.3 Å². The zero-order chi connectivity index (χ0) is 39.9. The highest BCUT2D eigenvalue weighted by Gasteiger charge is 2.57. The number of amides is 3. The van der Waals surface area contributed by atoms with E-state index in [1.807, 2.05) is 46.1 Å². The fourth-order valence-corrected chi connectivity index (χ4v) is 9.64. The molecule has 1 saturated carbocycles. The monoisotopic (exact) mass is 798 g/mol. The van der Waals surface area contributed by atoms with Crippen LogP contribution in [-0.2, 0) is 9.59 Å². The van der Waals surface area contributed by atoms with E-state index >= 15 is 8.78 Å². The van der Waals surface area contributed by atoms with Gasteiger partial charge in [-0.15, -0.1) is 0 Å². The van der Waals surface area contributed by atoms with Crippen molar-refractivity contribution in [2.45, 2.75) is 75.7 Å². The number of nitrogens with one attached hydrogen (secondary N) is 2. The number of hydrogen-bond donors (Lipinski definition) is 2. The normalized spacial score (nSPS) is 23.6. The minimum atomic E-state index is -2.80. The third-order valence-electron chi connectivity index (χ3n) is 12.7. The summed E-state index contributed by atoms with van der Waals surface area (Å²) < 4.78 is 39.8. The molecule has 2 aromatic carbocycles. The van der Waals surface area contributed by atoms with E-state index in [1.165, 1.54) is 25.6 Å². The number of nitrogens with zero attached hydrogens (tertiary/aromatic N) is 6. The van der Waals surface area contributed by atoms with E-state index in [4.69, 9.17) is 21.4 Å². The van der Waals surface area contributed by atoms with Crippen molar-refractivity contribution in [3.05, 3.63) is 76.7 Å². The zero-order valence-corrected chi connectivity index (χ0v) is 32.5. The summed E-state index contributed by atoms with van der Waals surface area (Å²) in [7, 11) is 1.53. The molecular formula is C42H45ClF2N8O4. The van der Waals surface area contributed by atoms with Gasteiger partial charge in [-0.25, -0.2) is 8.78 Å². The van der Waals surface area contributed by atoms with Crippen molar-refractivity contribution >= 4 is 51.6 Å². The van der Waals surface area contributed by atoms with Gasteiger partial charge >= 0.3 is 0 Å². The highest BCUT2D eigenvalue weighted by atomic mass is 35.5. The molecule has 15 heteroatoms. The lowest BCUT2D eigenvalue weighted by Gasteiger charge is -2.52. The van der Waals surface area contributed by atoms with Crippen molar-refractivity contribution in [1.29, 1.82) is 5.26 Å². The van der Waals surface area contributed by atoms with Crippen LogP contribution >= 0.6 is 11.6 Å². The third kappa shape index (κ3) is 7.79. The second-order valence-electron chi connectivity index (χ2n) is 16.1. The van der Waals surface area contributed by atoms with Gasteiger partial charge in [-0.1, -0.05) is 17.7 Å². The predicted molar refractivity (Wildman–Crippen MR) is 211 cm³/mol. The van der Waals surface area contributed by atoms with Crippen molar-refractivity contribution in [2.75, 3.05) is 50.1 Å². The number of methoxy groups -OCH3 is 1. The number of rotatable bonds is 8. The molecule has 5 heterocycles. The van der Waals surface area contributed by atoms with Gasteiger partial charge in [-0.3, -0.25) is 34.3 Å². The average Bonchev–Trinajstić information content (AvgIpc) is 3.62. The molecule has 57 heavy (non-hydrogen) atoms. The van der Waals surface area contributed by atoms with Crippen LogP contribution < -0.4 is 20.3 Å². The highest BCUT2D eigenvalue weighted by molar-refractivity contribution is 6.32. The quantitative estimate of drug-likeness (QED) is 0.178. The zero-order valence-electron chi connectivity index (χ0n) is 31.8. The summed E-state index contributed by atoms with van der Waals surface area (Å²) in [5.41, 5.74) is 2.28. The van der Waals surface area contributed by atoms with Gasteiger partial charge in [0.05, 0.1) is 47.9 Å². The van der Waals surface area contributed by atoms with Gasteiger partial charge < -0.3 is 15.0 Å². The van der Waals surface area contributed by atoms with Crippen molar-refractivity contribution in [1.82, 2.24) is 25.0 Å². The molecule has 0 bridgehead atoms. The largest absolute Gasteiger partial charge is 0.494 e. The first kappa shape index (κ1) is 38.7. The van der Waals surface area contributed by atoms with Gasteiger partial charge in [-0.05, 0) is 93.7 Å². The molecular weight excluding hydrogens is 754 g/mol. The number of nitriles is 1. The van der Waals surface area contributed by atoms with E-state index < -0.39 is 23.2 Å². The highest BCUT2D eigenvalue weighted by Crippen LogP contribution is 2.52. The summed E-state index contributed by atoms with van der Waals surface area (Å²) in [4.78, 5) is 45.0. The van der Waals surface area contributed by atoms with E-state index in [-0.39, 0.29) is 41.9 Å². The molecule has 1 spiro atoms. The van der Waals surface area contributed by atoms with Crippen molar-refractivity contribution in [3.63, 3.8) is 0 Å². The maximum atomic E-state index is 16.1. The Kier molecular flexibility index (Phi) is 10.6. The molecule has 4 aliphatic rings. The number of imide groups is 1. The van der Waals surface area contributed by atoms with Gasteiger partial charge in [0.15, 0.2) is 0 Å². The molecule has 12 nitrogen and oxygen atoms in total. The molecule has 4 fully saturated rings. The molecule has 3 saturated heterocycles. The molecule has 1 unspecified atom stereocenters. The number of carbonyl (C=O) groups excluding carboxylic acids is 3. The van der Waals surface area contributed by atoms with E-state index in [0.29, 0.717) is 79.8 Å². The molecule has 3 aliphatic heterocycles. The van der Waals surface area contributed by atoms with Crippen LogP contribution in [0.25, 0.3) is 10.9 Å². The Morgan fingerprint density at radius 3 is 2.53 bits per heavy atom. The number of carbonyl (C=O) groups is 3. The standard InChI is InChI=1S/C42H45ClF2N8O4/c1-57-37-19-35-29(17-36(37)48-39(55)28-16-27(20-46)21-47-22-28)24-53(50-35)30-4-2-26(3-5-30)23-51-13-10-41(42(44,45)25-51)11-14-52(15-12-41)31-6-7-32(34(43)18-31)33-8-9-38(54)49-40(33)56/h6-7,16-19,21-22,24,26,30,33H,2-5,8-15,23,25H2,1H3,(H,48,55)(H,49,54,56). The number of ether oxygens (including phenoxy) is 1. The SMILES string of the molecule is COc1cc2nn(C3CCC(CN4CCC5(CCN(c6ccc(C7CCC(=O)NC7=O)c(Cl)c6)CC5)C(F)(F)C4)CC3)cc2cc1NC(=O)c1cncc(C#N)c1. The lowest BCUT2D eigenvalue weighted by atomic mass is 9.68. The number of alkyl halides is 2. The molecule has 0 radical (unpaired) electrons. The first-order chi connectivity index (χ1) is 27.4. The molecule has 4 aromatic rings. The smallest absolute Gasteiger partial charge is 0.266 e. The Morgan fingerprint density at radius 1 is 1.05 bits per heavy atom. The predicted octanol–water partition coefficient (Wildman–Crippen LogP) is 7.10. The molecule has 8 rings (SSSR count). The van der Waals surface area contributed by atoms with E-state index in [2.05, 4.69) is 20.5 Å². The third-order valence-corrected chi connectivity index (χ3v) is 13.0. The first-order valence-corrected chi connectivity index (χ1v) is 20.0. The van der Waals surface area contributed by atoms with E-state index in [0.717, 1.165) is 42.3 Å². The second kappa shape index (κ2) is 15.7. The summed E-state index contributed by atoms with van der Waals surface area (Å²) in [6, 6.07) is 12.8. The summed E-state index contributed by atoms with van der Waals surface area (Å²) in [5, 5.41) is 20.6. The van der Waals surface area contributed by atoms with Gasteiger partial charge in [0.2, 0.25) is 11.8 Å². The van der Waals surface area contributed by atoms with Crippen LogP contribution in [0.15, 0.2) is 55.0 Å². The Labute approximate surface area is 334 Å². The molecule has 2 aromatic heterocycles. The number of benzene rings is 2. The molecule has 2 N–H and O–H groups in total. The van der Waals surface area contributed by atoms with Crippen LogP contribution in [0.4, 0.5) is 20.2 Å². The van der Waals surface area contributed by atoms with E-state index in [1.54, 1.807) is 6.07 Å². The van der Waals surface area contributed by atoms with Crippen LogP contribution in [0.1, 0.15) is 91.2 Å². The van der Waals surface area contributed by atoms with Crippen molar-refractivity contribution < 1.29 is 27.9 Å². The fourth-order valence-electron chi connectivity index (χ4n) is 9.33. The van der Waals surface area contributed by atoms with Gasteiger partial charge in [-0.2, -0.15) is 10.4 Å². The number of hydrogen-bond acceptors (Lipinski definition) is 9. The average molecular weight is 799 g/mol. The molecule has 298 valence electrons. The van der Waals surface area contributed by atoms with Gasteiger partial charge in [0.1, 0.15) is 11.8 Å². The topological polar surface area (TPSA) is 145 Å². The van der Waals surface area contributed by atoms with Crippen LogP contribution in [-0.4, -0.2) is 83.1 Å². The second-order valence-corrected chi connectivity index (χ2v) is 16.5. The number of likely N-dealkylation sites (tertiary alicyclic amines) is 1. The van der Waals surface area contributed by atoms with Crippen molar-refractivity contribution in [3.8, 4) is 11.8 Å². The minimum absolute atomic E-state index is 0.178. The van der Waals surface area contributed by atoms with Gasteiger partial charge in [0.25, 0.3) is 11.8 Å². The summed E-state index contributed by atoms with van der Waals surface area (Å²) >= 11 is 6.63. The Balaban J connectivity index is 0.836. The minimum Gasteiger partial charge on any atom is -0.494 e. The van der Waals surface area contributed by atoms with Crippen LogP contribution in [0.5, 0.6) is 5.75 Å². The summed E-state index contributed by atoms with van der Waals surface area (Å²) in [6.07, 6.45) is 10.4. The number of piperidine rings is 3. The lowest BCUT2D eigenvalue weighted by molar-refractivity contribution is -0.179. The maximum absolute atomic E-state index is 16.1. The Hall–Kier alpha value is -5.13. The molecule has 3 amide bonds. The lowest BCUT2D eigenvalue weighted by Crippen LogP contribution is -2.59. The summed E-state index contributed by atoms with van der Waals surface area (Å²) in [6.45, 7) is 2.12. The van der Waals surface area contributed by atoms with Crippen LogP contribution in [0, 0.1) is 22.7 Å². The van der Waals surface area contributed by atoms with Gasteiger partial charge in [0, 0.05) is 72.2 Å². The molecule has 1 aliphatic carbocycles. The first-order valence-electron chi connectivity index (χ1n) is 19.7. The van der Waals surface area contributed by atoms with E-state index in [9.17, 15) is 19.6 Å². The number of fused-ring (bicyclic) bond motifs is 1. The molecule has 1 atom stereocenters. The fraction of sp³-hybridized carbons (Fsp3) is 0.476. The van der Waals surface area contributed by atoms with Crippen LogP contribution in [0.3, 0.4) is 0 Å². The number of anilines is 2. The number of halogens is 3.